The maximum Gasteiger partial charge on any atom is 0.191 e. The van der Waals surface area contributed by atoms with Gasteiger partial charge in [0, 0.05) is 25.5 Å². The second-order valence-corrected chi connectivity index (χ2v) is 7.10. The molecule has 0 saturated carbocycles. The molecule has 21 heavy (non-hydrogen) atoms. The van der Waals surface area contributed by atoms with Crippen LogP contribution in [0.1, 0.15) is 26.3 Å². The van der Waals surface area contributed by atoms with Crippen molar-refractivity contribution in [2.24, 2.45) is 7.05 Å². The van der Waals surface area contributed by atoms with Crippen LogP contribution >= 0.6 is 11.8 Å². The molecule has 0 aliphatic heterocycles. The summed E-state index contributed by atoms with van der Waals surface area (Å²) < 4.78 is 7.10. The Balaban J connectivity index is 2.19. The van der Waals surface area contributed by atoms with Crippen molar-refractivity contribution >= 4 is 11.8 Å². The third-order valence-corrected chi connectivity index (χ3v) is 4.35. The van der Waals surface area contributed by atoms with E-state index in [1.807, 2.05) is 11.6 Å². The van der Waals surface area contributed by atoms with E-state index in [0.717, 1.165) is 22.3 Å². The van der Waals surface area contributed by atoms with E-state index in [0.29, 0.717) is 6.61 Å². The molecule has 1 heterocycles. The minimum Gasteiger partial charge on any atom is -0.384 e. The Bertz CT molecular complexity index is 585. The normalized spacial score (nSPS) is 11.9. The van der Waals surface area contributed by atoms with E-state index in [2.05, 4.69) is 55.2 Å². The van der Waals surface area contributed by atoms with Crippen molar-refractivity contribution in [1.29, 1.82) is 0 Å². The Kier molecular flexibility index (Phi) is 5.06. The highest BCUT2D eigenvalue weighted by Crippen LogP contribution is 2.26. The lowest BCUT2D eigenvalue weighted by atomic mass is 9.87. The lowest BCUT2D eigenvalue weighted by molar-refractivity contribution is 0.218. The van der Waals surface area contributed by atoms with Gasteiger partial charge in [-0.05, 0) is 11.0 Å². The number of ether oxygens (including phenoxy) is 1. The number of benzene rings is 1. The van der Waals surface area contributed by atoms with Crippen LogP contribution in [0, 0.1) is 0 Å². The first-order valence-corrected chi connectivity index (χ1v) is 8.04. The quantitative estimate of drug-likeness (QED) is 0.626. The number of nitrogens with zero attached hydrogens (tertiary/aromatic N) is 3. The predicted octanol–water partition coefficient (Wildman–Crippen LogP) is 3.52. The highest BCUT2D eigenvalue weighted by molar-refractivity contribution is 7.99. The molecule has 2 rings (SSSR count). The lowest BCUT2D eigenvalue weighted by Gasteiger charge is -2.19. The Morgan fingerprint density at radius 1 is 1.14 bits per heavy atom. The molecule has 114 valence electrons. The molecule has 0 bridgehead atoms. The number of hydrogen-bond donors (Lipinski definition) is 0. The zero-order valence-corrected chi connectivity index (χ0v) is 14.2. The summed E-state index contributed by atoms with van der Waals surface area (Å²) in [6.07, 6.45) is 0. The molecule has 0 fully saturated rings. The molecule has 0 saturated heterocycles. The summed E-state index contributed by atoms with van der Waals surface area (Å²) in [5, 5.41) is 9.48. The average Bonchev–Trinajstić information content (AvgIpc) is 2.80. The van der Waals surface area contributed by atoms with E-state index in [-0.39, 0.29) is 5.41 Å². The molecule has 4 nitrogen and oxygen atoms in total. The molecule has 1 aromatic heterocycles. The first-order valence-electron chi connectivity index (χ1n) is 7.05. The summed E-state index contributed by atoms with van der Waals surface area (Å²) in [4.78, 5) is 0. The van der Waals surface area contributed by atoms with Gasteiger partial charge in [-0.15, -0.1) is 10.2 Å². The van der Waals surface area contributed by atoms with Gasteiger partial charge in [0.25, 0.3) is 0 Å². The van der Waals surface area contributed by atoms with Gasteiger partial charge in [-0.2, -0.15) is 0 Å². The van der Waals surface area contributed by atoms with Crippen molar-refractivity contribution in [2.45, 2.75) is 31.3 Å². The van der Waals surface area contributed by atoms with Crippen LogP contribution in [0.15, 0.2) is 29.4 Å². The van der Waals surface area contributed by atoms with E-state index in [1.54, 1.807) is 18.9 Å². The summed E-state index contributed by atoms with van der Waals surface area (Å²) in [7, 11) is 3.71. The van der Waals surface area contributed by atoms with E-state index >= 15 is 0 Å². The average molecular weight is 305 g/mol. The predicted molar refractivity (Wildman–Crippen MR) is 87.7 cm³/mol. The number of methoxy groups -OCH3 is 1. The number of thioether (sulfide) groups is 1. The fourth-order valence-electron chi connectivity index (χ4n) is 2.03. The van der Waals surface area contributed by atoms with E-state index in [1.165, 1.54) is 5.56 Å². The summed E-state index contributed by atoms with van der Waals surface area (Å²) in [5.41, 5.74) is 2.58. The highest BCUT2D eigenvalue weighted by atomic mass is 32.2. The Hall–Kier alpha value is -1.33. The summed E-state index contributed by atoms with van der Waals surface area (Å²) in [6, 6.07) is 8.58. The fourth-order valence-corrected chi connectivity index (χ4v) is 2.84. The highest BCUT2D eigenvalue weighted by Gasteiger charge is 2.15. The summed E-state index contributed by atoms with van der Waals surface area (Å²) in [6.45, 7) is 7.37. The molecular formula is C16H23N3OS. The van der Waals surface area contributed by atoms with E-state index in [9.17, 15) is 0 Å². The second-order valence-electron chi connectivity index (χ2n) is 6.03. The number of aromatic nitrogens is 3. The molecule has 1 aromatic carbocycles. The smallest absolute Gasteiger partial charge is 0.191 e. The standard InChI is InChI=1S/C16H23N3OS/c1-16(2,3)13-8-6-12(7-9-13)14-17-18-15(19(14)4)21-11-10-20-5/h6-9H,10-11H2,1-5H3. The maximum absolute atomic E-state index is 5.06. The van der Waals surface area contributed by atoms with Crippen LogP contribution in [0.4, 0.5) is 0 Å². The molecule has 0 aliphatic carbocycles. The zero-order chi connectivity index (χ0) is 15.5. The van der Waals surface area contributed by atoms with Gasteiger partial charge in [0.05, 0.1) is 6.61 Å². The molecule has 0 spiro atoms. The molecule has 0 unspecified atom stereocenters. The lowest BCUT2D eigenvalue weighted by Crippen LogP contribution is -2.10. The third-order valence-electron chi connectivity index (χ3n) is 3.36. The summed E-state index contributed by atoms with van der Waals surface area (Å²) >= 11 is 1.66. The van der Waals surface area contributed by atoms with Crippen LogP contribution in [-0.4, -0.2) is 34.2 Å². The van der Waals surface area contributed by atoms with Crippen LogP contribution in [0.2, 0.25) is 0 Å². The maximum atomic E-state index is 5.06. The molecular weight excluding hydrogens is 282 g/mol. The summed E-state index contributed by atoms with van der Waals surface area (Å²) in [5.74, 6) is 1.78. The van der Waals surface area contributed by atoms with E-state index in [4.69, 9.17) is 4.74 Å². The molecule has 0 radical (unpaired) electrons. The van der Waals surface area contributed by atoms with Crippen LogP contribution < -0.4 is 0 Å². The van der Waals surface area contributed by atoms with Gasteiger partial charge in [-0.25, -0.2) is 0 Å². The zero-order valence-electron chi connectivity index (χ0n) is 13.4. The van der Waals surface area contributed by atoms with Crippen LogP contribution in [-0.2, 0) is 17.2 Å². The Morgan fingerprint density at radius 3 is 2.38 bits per heavy atom. The van der Waals surface area contributed by atoms with Gasteiger partial charge in [-0.1, -0.05) is 56.8 Å². The molecule has 5 heteroatoms. The van der Waals surface area contributed by atoms with Crippen molar-refractivity contribution in [2.75, 3.05) is 19.5 Å². The van der Waals surface area contributed by atoms with Crippen molar-refractivity contribution in [3.63, 3.8) is 0 Å². The van der Waals surface area contributed by atoms with E-state index < -0.39 is 0 Å². The first-order chi connectivity index (χ1) is 9.93. The Labute approximate surface area is 130 Å². The first kappa shape index (κ1) is 16.0. The van der Waals surface area contributed by atoms with Gasteiger partial charge in [0.2, 0.25) is 0 Å². The molecule has 0 aliphatic rings. The van der Waals surface area contributed by atoms with Gasteiger partial charge < -0.3 is 9.30 Å². The molecule has 0 N–H and O–H groups in total. The van der Waals surface area contributed by atoms with Gasteiger partial charge in [0.1, 0.15) is 0 Å². The minimum atomic E-state index is 0.166. The topological polar surface area (TPSA) is 39.9 Å². The van der Waals surface area contributed by atoms with Crippen molar-refractivity contribution < 1.29 is 4.74 Å². The number of rotatable bonds is 5. The molecule has 0 amide bonds. The van der Waals surface area contributed by atoms with Crippen molar-refractivity contribution in [3.8, 4) is 11.4 Å². The van der Waals surface area contributed by atoms with Crippen LogP contribution in [0.25, 0.3) is 11.4 Å². The largest absolute Gasteiger partial charge is 0.384 e. The van der Waals surface area contributed by atoms with Crippen LogP contribution in [0.3, 0.4) is 0 Å². The van der Waals surface area contributed by atoms with Gasteiger partial charge >= 0.3 is 0 Å². The van der Waals surface area contributed by atoms with Crippen molar-refractivity contribution in [1.82, 2.24) is 14.8 Å². The molecule has 0 atom stereocenters. The SMILES string of the molecule is COCCSc1nnc(-c2ccc(C(C)(C)C)cc2)n1C. The second kappa shape index (κ2) is 6.62. The molecule has 2 aromatic rings. The monoisotopic (exact) mass is 305 g/mol. The van der Waals surface area contributed by atoms with Crippen LogP contribution in [0.5, 0.6) is 0 Å². The Morgan fingerprint density at radius 2 is 1.81 bits per heavy atom. The van der Waals surface area contributed by atoms with Crippen molar-refractivity contribution in [3.05, 3.63) is 29.8 Å². The van der Waals surface area contributed by atoms with Gasteiger partial charge in [0.15, 0.2) is 11.0 Å². The third kappa shape index (κ3) is 3.86. The minimum absolute atomic E-state index is 0.166. The fraction of sp³-hybridized carbons (Fsp3) is 0.500. The van der Waals surface area contributed by atoms with Gasteiger partial charge in [-0.3, -0.25) is 0 Å². The number of hydrogen-bond acceptors (Lipinski definition) is 4.